The van der Waals surface area contributed by atoms with Gasteiger partial charge in [0.25, 0.3) is 0 Å². The predicted molar refractivity (Wildman–Crippen MR) is 112 cm³/mol. The van der Waals surface area contributed by atoms with Crippen LogP contribution < -0.4 is 20.1 Å². The van der Waals surface area contributed by atoms with Crippen LogP contribution in [0.15, 0.2) is 48.5 Å². The lowest BCUT2D eigenvalue weighted by atomic mass is 10.1. The first-order chi connectivity index (χ1) is 13.2. The highest BCUT2D eigenvalue weighted by atomic mass is 32.1. The molecule has 6 heteroatoms. The smallest absolute Gasteiger partial charge is 0.124 e. The standard InChI is InChI=1S/C21H25N3O2S/c1-22-12-13-23-14-19-20(15-4-8-17(25-2)9-5-15)24-21(27-19)16-6-10-18(26-3)11-7-16/h4-11,22-23H,12-14H2,1-3H3. The molecular weight excluding hydrogens is 358 g/mol. The molecule has 0 saturated carbocycles. The fraction of sp³-hybridized carbons (Fsp3) is 0.286. The van der Waals surface area contributed by atoms with E-state index in [2.05, 4.69) is 22.8 Å². The fourth-order valence-electron chi connectivity index (χ4n) is 2.72. The van der Waals surface area contributed by atoms with Gasteiger partial charge in [-0.3, -0.25) is 0 Å². The predicted octanol–water partition coefficient (Wildman–Crippen LogP) is 3.80. The third-order valence-corrected chi connectivity index (χ3v) is 5.34. The van der Waals surface area contributed by atoms with Gasteiger partial charge < -0.3 is 20.1 Å². The van der Waals surface area contributed by atoms with Crippen LogP contribution in [-0.4, -0.2) is 39.3 Å². The van der Waals surface area contributed by atoms with Crippen LogP contribution in [0.25, 0.3) is 21.8 Å². The number of nitrogens with zero attached hydrogens (tertiary/aromatic N) is 1. The van der Waals surface area contributed by atoms with Gasteiger partial charge in [0.2, 0.25) is 0 Å². The largest absolute Gasteiger partial charge is 0.497 e. The second-order valence-electron chi connectivity index (χ2n) is 6.03. The third-order valence-electron chi connectivity index (χ3n) is 4.24. The van der Waals surface area contributed by atoms with Gasteiger partial charge in [-0.2, -0.15) is 0 Å². The zero-order valence-corrected chi connectivity index (χ0v) is 16.7. The number of hydrogen-bond donors (Lipinski definition) is 2. The maximum absolute atomic E-state index is 5.27. The van der Waals surface area contributed by atoms with Gasteiger partial charge in [0.05, 0.1) is 19.9 Å². The molecule has 2 N–H and O–H groups in total. The van der Waals surface area contributed by atoms with E-state index < -0.39 is 0 Å². The first-order valence-corrected chi connectivity index (χ1v) is 9.70. The van der Waals surface area contributed by atoms with Crippen LogP contribution in [0, 0.1) is 0 Å². The summed E-state index contributed by atoms with van der Waals surface area (Å²) in [6.45, 7) is 2.63. The third kappa shape index (κ3) is 4.86. The van der Waals surface area contributed by atoms with Crippen molar-refractivity contribution in [1.82, 2.24) is 15.6 Å². The molecule has 2 aromatic carbocycles. The molecule has 0 bridgehead atoms. The second-order valence-corrected chi connectivity index (χ2v) is 7.11. The molecule has 0 unspecified atom stereocenters. The quantitative estimate of drug-likeness (QED) is 0.551. The molecule has 0 amide bonds. The number of methoxy groups -OCH3 is 2. The topological polar surface area (TPSA) is 55.4 Å². The number of thiazole rings is 1. The van der Waals surface area contributed by atoms with Crippen molar-refractivity contribution in [3.05, 3.63) is 53.4 Å². The van der Waals surface area contributed by atoms with Crippen LogP contribution in [0.3, 0.4) is 0 Å². The van der Waals surface area contributed by atoms with Crippen molar-refractivity contribution >= 4 is 11.3 Å². The van der Waals surface area contributed by atoms with Crippen LogP contribution >= 0.6 is 11.3 Å². The summed E-state index contributed by atoms with van der Waals surface area (Å²) in [5, 5.41) is 7.64. The summed E-state index contributed by atoms with van der Waals surface area (Å²) in [4.78, 5) is 6.17. The lowest BCUT2D eigenvalue weighted by Crippen LogP contribution is -2.24. The molecule has 0 fully saturated rings. The van der Waals surface area contributed by atoms with Crippen LogP contribution in [0.1, 0.15) is 4.88 Å². The first-order valence-electron chi connectivity index (χ1n) is 8.89. The molecule has 0 aliphatic carbocycles. The Kier molecular flexibility index (Phi) is 6.81. The monoisotopic (exact) mass is 383 g/mol. The van der Waals surface area contributed by atoms with Crippen molar-refractivity contribution in [1.29, 1.82) is 0 Å². The van der Waals surface area contributed by atoms with Crippen molar-refractivity contribution in [3.63, 3.8) is 0 Å². The Morgan fingerprint density at radius 1 is 0.852 bits per heavy atom. The number of aromatic nitrogens is 1. The molecule has 0 saturated heterocycles. The van der Waals surface area contributed by atoms with E-state index in [4.69, 9.17) is 14.5 Å². The molecule has 0 atom stereocenters. The Hall–Kier alpha value is -2.41. The highest BCUT2D eigenvalue weighted by Gasteiger charge is 2.14. The molecule has 5 nitrogen and oxygen atoms in total. The first kappa shape index (κ1) is 19.4. The zero-order valence-electron chi connectivity index (χ0n) is 15.9. The highest BCUT2D eigenvalue weighted by Crippen LogP contribution is 2.35. The van der Waals surface area contributed by atoms with Crippen LogP contribution in [0.2, 0.25) is 0 Å². The zero-order chi connectivity index (χ0) is 19.1. The van der Waals surface area contributed by atoms with Crippen molar-refractivity contribution in [2.75, 3.05) is 34.4 Å². The van der Waals surface area contributed by atoms with E-state index in [0.29, 0.717) is 0 Å². The van der Waals surface area contributed by atoms with Gasteiger partial charge in [-0.05, 0) is 55.6 Å². The van der Waals surface area contributed by atoms with E-state index in [9.17, 15) is 0 Å². The van der Waals surface area contributed by atoms with Gasteiger partial charge in [0, 0.05) is 35.6 Å². The molecule has 0 radical (unpaired) electrons. The maximum Gasteiger partial charge on any atom is 0.124 e. The average Bonchev–Trinajstić information content (AvgIpc) is 3.15. The van der Waals surface area contributed by atoms with Gasteiger partial charge in [-0.15, -0.1) is 11.3 Å². The van der Waals surface area contributed by atoms with E-state index >= 15 is 0 Å². The maximum atomic E-state index is 5.27. The lowest BCUT2D eigenvalue weighted by molar-refractivity contribution is 0.415. The number of likely N-dealkylation sites (N-methyl/N-ethyl adjacent to an activating group) is 1. The molecule has 3 rings (SSSR count). The minimum absolute atomic E-state index is 0.789. The normalized spacial score (nSPS) is 10.8. The SMILES string of the molecule is CNCCNCc1sc(-c2ccc(OC)cc2)nc1-c1ccc(OC)cc1. The van der Waals surface area contributed by atoms with Crippen LogP contribution in [0.5, 0.6) is 11.5 Å². The van der Waals surface area contributed by atoms with E-state index in [1.807, 2.05) is 43.4 Å². The summed E-state index contributed by atoms with van der Waals surface area (Å²) < 4.78 is 10.5. The van der Waals surface area contributed by atoms with Gasteiger partial charge in [0.15, 0.2) is 0 Å². The van der Waals surface area contributed by atoms with Gasteiger partial charge in [-0.1, -0.05) is 0 Å². The summed E-state index contributed by atoms with van der Waals surface area (Å²) in [6.07, 6.45) is 0. The Morgan fingerprint density at radius 3 is 2.00 bits per heavy atom. The molecule has 0 spiro atoms. The second kappa shape index (κ2) is 9.50. The Morgan fingerprint density at radius 2 is 1.44 bits per heavy atom. The molecule has 0 aliphatic heterocycles. The summed E-state index contributed by atoms with van der Waals surface area (Å²) in [5.41, 5.74) is 3.21. The molecule has 0 aliphatic rings. The van der Waals surface area contributed by atoms with Crippen molar-refractivity contribution in [2.24, 2.45) is 0 Å². The van der Waals surface area contributed by atoms with Gasteiger partial charge in [-0.25, -0.2) is 4.98 Å². The number of rotatable bonds is 9. The van der Waals surface area contributed by atoms with E-state index in [1.54, 1.807) is 25.6 Å². The van der Waals surface area contributed by atoms with Crippen molar-refractivity contribution in [2.45, 2.75) is 6.54 Å². The number of nitrogens with one attached hydrogen (secondary N) is 2. The van der Waals surface area contributed by atoms with Gasteiger partial charge >= 0.3 is 0 Å². The Labute approximate surface area is 164 Å². The minimum Gasteiger partial charge on any atom is -0.497 e. The highest BCUT2D eigenvalue weighted by molar-refractivity contribution is 7.15. The van der Waals surface area contributed by atoms with Crippen LogP contribution in [0.4, 0.5) is 0 Å². The van der Waals surface area contributed by atoms with Crippen LogP contribution in [-0.2, 0) is 6.54 Å². The number of hydrogen-bond acceptors (Lipinski definition) is 6. The Bertz CT molecular complexity index is 845. The summed E-state index contributed by atoms with van der Waals surface area (Å²) in [5.74, 6) is 1.69. The molecule has 3 aromatic rings. The van der Waals surface area contributed by atoms with E-state index in [1.165, 1.54) is 4.88 Å². The van der Waals surface area contributed by atoms with E-state index in [0.717, 1.165) is 53.0 Å². The van der Waals surface area contributed by atoms with E-state index in [-0.39, 0.29) is 0 Å². The molecule has 27 heavy (non-hydrogen) atoms. The molecule has 1 aromatic heterocycles. The molecular formula is C21H25N3O2S. The summed E-state index contributed by atoms with van der Waals surface area (Å²) >= 11 is 1.72. The van der Waals surface area contributed by atoms with Crippen molar-refractivity contribution < 1.29 is 9.47 Å². The summed E-state index contributed by atoms with van der Waals surface area (Å²) in [6, 6.07) is 16.1. The summed E-state index contributed by atoms with van der Waals surface area (Å²) in [7, 11) is 5.31. The van der Waals surface area contributed by atoms with Crippen molar-refractivity contribution in [3.8, 4) is 33.3 Å². The molecule has 142 valence electrons. The average molecular weight is 384 g/mol. The number of benzene rings is 2. The molecule has 1 heterocycles. The fourth-order valence-corrected chi connectivity index (χ4v) is 3.78. The Balaban J connectivity index is 1.91. The lowest BCUT2D eigenvalue weighted by Gasteiger charge is -2.06. The minimum atomic E-state index is 0.789. The van der Waals surface area contributed by atoms with Gasteiger partial charge in [0.1, 0.15) is 16.5 Å². The number of ether oxygens (including phenoxy) is 2.